The smallest absolute Gasteiger partial charge is 0.259 e. The molecule has 1 aromatic heterocycles. The second-order valence-corrected chi connectivity index (χ2v) is 10.5. The summed E-state index contributed by atoms with van der Waals surface area (Å²) in [5.74, 6) is -0.0273. The summed E-state index contributed by atoms with van der Waals surface area (Å²) in [4.78, 5) is 15.5. The standard InChI is InChI=1S/C25H29Cl2N3OS/c1-16-22(23(28-5)32-29-16)24(31)30(13-12-17-8-11-20(26)21(27)14-17)15-18-6-9-19(10-7-18)25(2,3)4/h6-11,14,28H,12-13,15H2,1-5H3. The molecule has 7 heteroatoms. The Labute approximate surface area is 204 Å². The fraction of sp³-hybridized carbons (Fsp3) is 0.360. The molecule has 170 valence electrons. The minimum atomic E-state index is -0.0273. The quantitative estimate of drug-likeness (QED) is 0.389. The molecule has 0 fully saturated rings. The van der Waals surface area contributed by atoms with Crippen LogP contribution in [-0.2, 0) is 18.4 Å². The number of hydrogen-bond donors (Lipinski definition) is 1. The fourth-order valence-corrected chi connectivity index (χ4v) is 4.55. The van der Waals surface area contributed by atoms with Crippen molar-refractivity contribution in [1.29, 1.82) is 0 Å². The van der Waals surface area contributed by atoms with Crippen LogP contribution in [-0.4, -0.2) is 28.8 Å². The van der Waals surface area contributed by atoms with Gasteiger partial charge in [-0.2, -0.15) is 4.37 Å². The van der Waals surface area contributed by atoms with Gasteiger partial charge in [-0.1, -0.05) is 74.3 Å². The Balaban J connectivity index is 1.86. The maximum absolute atomic E-state index is 13.6. The van der Waals surface area contributed by atoms with Gasteiger partial charge in [-0.3, -0.25) is 4.79 Å². The molecule has 0 bridgehead atoms. The monoisotopic (exact) mass is 489 g/mol. The molecule has 3 aromatic rings. The molecule has 0 radical (unpaired) electrons. The van der Waals surface area contributed by atoms with Crippen LogP contribution in [0.3, 0.4) is 0 Å². The Kier molecular flexibility index (Phi) is 7.86. The number of benzene rings is 2. The highest BCUT2D eigenvalue weighted by Gasteiger charge is 2.24. The van der Waals surface area contributed by atoms with Crippen LogP contribution in [0.5, 0.6) is 0 Å². The molecule has 0 saturated carbocycles. The fourth-order valence-electron chi connectivity index (χ4n) is 3.49. The number of carbonyl (C=O) groups excluding carboxylic acids is 1. The maximum Gasteiger partial charge on any atom is 0.259 e. The summed E-state index contributed by atoms with van der Waals surface area (Å²) in [6.45, 7) is 9.53. The molecular formula is C25H29Cl2N3OS. The molecule has 4 nitrogen and oxygen atoms in total. The van der Waals surface area contributed by atoms with Crippen LogP contribution in [0.15, 0.2) is 42.5 Å². The molecule has 1 N–H and O–H groups in total. The Bertz CT molecular complexity index is 1090. The van der Waals surface area contributed by atoms with E-state index in [9.17, 15) is 4.79 Å². The number of anilines is 1. The van der Waals surface area contributed by atoms with Crippen LogP contribution >= 0.6 is 34.7 Å². The lowest BCUT2D eigenvalue weighted by Crippen LogP contribution is -2.33. The van der Waals surface area contributed by atoms with Crippen molar-refractivity contribution in [2.45, 2.75) is 46.1 Å². The van der Waals surface area contributed by atoms with Gasteiger partial charge < -0.3 is 10.2 Å². The van der Waals surface area contributed by atoms with Gasteiger partial charge in [0.05, 0.1) is 21.3 Å². The van der Waals surface area contributed by atoms with E-state index in [-0.39, 0.29) is 11.3 Å². The van der Waals surface area contributed by atoms with Crippen LogP contribution < -0.4 is 5.32 Å². The van der Waals surface area contributed by atoms with E-state index in [0.717, 1.165) is 21.8 Å². The van der Waals surface area contributed by atoms with Crippen molar-refractivity contribution in [1.82, 2.24) is 9.27 Å². The zero-order valence-corrected chi connectivity index (χ0v) is 21.5. The topological polar surface area (TPSA) is 45.2 Å². The molecule has 1 heterocycles. The third-order valence-electron chi connectivity index (χ3n) is 5.44. The summed E-state index contributed by atoms with van der Waals surface area (Å²) in [6, 6.07) is 14.1. The summed E-state index contributed by atoms with van der Waals surface area (Å²) < 4.78 is 4.38. The number of rotatable bonds is 7. The van der Waals surface area contributed by atoms with E-state index in [2.05, 4.69) is 54.7 Å². The molecule has 32 heavy (non-hydrogen) atoms. The van der Waals surface area contributed by atoms with Crippen LogP contribution in [0.2, 0.25) is 10.0 Å². The largest absolute Gasteiger partial charge is 0.378 e. The molecule has 0 atom stereocenters. The molecule has 2 aromatic carbocycles. The van der Waals surface area contributed by atoms with Crippen molar-refractivity contribution in [2.24, 2.45) is 0 Å². The Hall–Kier alpha value is -2.08. The van der Waals surface area contributed by atoms with Gasteiger partial charge in [0.15, 0.2) is 0 Å². The Morgan fingerprint density at radius 3 is 2.31 bits per heavy atom. The second kappa shape index (κ2) is 10.2. The van der Waals surface area contributed by atoms with E-state index in [1.165, 1.54) is 17.1 Å². The predicted octanol–water partition coefficient (Wildman–Crippen LogP) is 6.98. The molecule has 0 aliphatic rings. The van der Waals surface area contributed by atoms with E-state index >= 15 is 0 Å². The third-order valence-corrected chi connectivity index (χ3v) is 7.13. The maximum atomic E-state index is 13.6. The van der Waals surface area contributed by atoms with Gasteiger partial charge in [0.25, 0.3) is 5.91 Å². The van der Waals surface area contributed by atoms with Crippen LogP contribution in [0.25, 0.3) is 0 Å². The molecule has 3 rings (SSSR count). The zero-order chi connectivity index (χ0) is 23.5. The highest BCUT2D eigenvalue weighted by atomic mass is 35.5. The van der Waals surface area contributed by atoms with Gasteiger partial charge in [-0.05, 0) is 59.1 Å². The first kappa shape index (κ1) is 24.6. The average molecular weight is 491 g/mol. The van der Waals surface area contributed by atoms with Crippen molar-refractivity contribution < 1.29 is 4.79 Å². The first-order chi connectivity index (χ1) is 15.1. The summed E-state index contributed by atoms with van der Waals surface area (Å²) in [5.41, 5.74) is 4.86. The minimum Gasteiger partial charge on any atom is -0.378 e. The molecule has 0 aliphatic carbocycles. The SMILES string of the molecule is CNc1snc(C)c1C(=O)N(CCc1ccc(Cl)c(Cl)c1)Cc1ccc(C(C)(C)C)cc1. The van der Waals surface area contributed by atoms with Gasteiger partial charge >= 0.3 is 0 Å². The number of hydrogen-bond acceptors (Lipinski definition) is 4. The summed E-state index contributed by atoms with van der Waals surface area (Å²) in [6.07, 6.45) is 0.675. The van der Waals surface area contributed by atoms with Crippen molar-refractivity contribution in [3.8, 4) is 0 Å². The van der Waals surface area contributed by atoms with E-state index in [1.807, 2.05) is 31.0 Å². The summed E-state index contributed by atoms with van der Waals surface area (Å²) in [7, 11) is 1.81. The van der Waals surface area contributed by atoms with Crippen LogP contribution in [0.4, 0.5) is 5.00 Å². The van der Waals surface area contributed by atoms with Crippen LogP contribution in [0.1, 0.15) is 53.5 Å². The number of amides is 1. The van der Waals surface area contributed by atoms with E-state index in [4.69, 9.17) is 23.2 Å². The highest BCUT2D eigenvalue weighted by Crippen LogP contribution is 2.28. The summed E-state index contributed by atoms with van der Waals surface area (Å²) in [5, 5.41) is 4.94. The first-order valence-corrected chi connectivity index (χ1v) is 12.1. The number of nitrogens with zero attached hydrogens (tertiary/aromatic N) is 2. The molecule has 0 aliphatic heterocycles. The molecular weight excluding hydrogens is 461 g/mol. The first-order valence-electron chi connectivity index (χ1n) is 10.6. The van der Waals surface area contributed by atoms with E-state index in [1.54, 1.807) is 6.07 Å². The van der Waals surface area contributed by atoms with Crippen molar-refractivity contribution in [3.05, 3.63) is 80.5 Å². The second-order valence-electron chi connectivity index (χ2n) is 8.89. The van der Waals surface area contributed by atoms with Crippen molar-refractivity contribution in [2.75, 3.05) is 18.9 Å². The lowest BCUT2D eigenvalue weighted by atomic mass is 9.87. The molecule has 1 amide bonds. The minimum absolute atomic E-state index is 0.0273. The Morgan fingerprint density at radius 2 is 1.72 bits per heavy atom. The van der Waals surface area contributed by atoms with Crippen molar-refractivity contribution >= 4 is 45.6 Å². The third kappa shape index (κ3) is 5.83. The molecule has 0 spiro atoms. The summed E-state index contributed by atoms with van der Waals surface area (Å²) >= 11 is 13.6. The number of carbonyl (C=O) groups is 1. The molecule has 0 unspecified atom stereocenters. The number of aryl methyl sites for hydroxylation is 1. The van der Waals surface area contributed by atoms with Gasteiger partial charge in [-0.15, -0.1) is 0 Å². The normalized spacial score (nSPS) is 11.5. The highest BCUT2D eigenvalue weighted by molar-refractivity contribution is 7.10. The zero-order valence-electron chi connectivity index (χ0n) is 19.1. The molecule has 0 saturated heterocycles. The lowest BCUT2D eigenvalue weighted by molar-refractivity contribution is 0.0745. The predicted molar refractivity (Wildman–Crippen MR) is 136 cm³/mol. The van der Waals surface area contributed by atoms with Gasteiger partial charge in [0, 0.05) is 20.1 Å². The van der Waals surface area contributed by atoms with Crippen molar-refractivity contribution in [3.63, 3.8) is 0 Å². The lowest BCUT2D eigenvalue weighted by Gasteiger charge is -2.24. The van der Waals surface area contributed by atoms with Gasteiger partial charge in [0.2, 0.25) is 0 Å². The number of halogens is 2. The number of aromatic nitrogens is 1. The van der Waals surface area contributed by atoms with E-state index < -0.39 is 0 Å². The van der Waals surface area contributed by atoms with Gasteiger partial charge in [-0.25, -0.2) is 0 Å². The Morgan fingerprint density at radius 1 is 1.06 bits per heavy atom. The van der Waals surface area contributed by atoms with E-state index in [0.29, 0.717) is 35.1 Å². The van der Waals surface area contributed by atoms with Crippen LogP contribution in [0, 0.1) is 6.92 Å². The average Bonchev–Trinajstić information content (AvgIpc) is 3.13. The van der Waals surface area contributed by atoms with Gasteiger partial charge in [0.1, 0.15) is 5.00 Å². The number of nitrogens with one attached hydrogen (secondary N) is 1.